The number of hydrogen-bond acceptors (Lipinski definition) is 8. The molecule has 0 spiro atoms. The largest absolute Gasteiger partial charge is 0.481 e. The van der Waals surface area contributed by atoms with Gasteiger partial charge in [-0.3, -0.25) is 19.2 Å². The average molecular weight is 496 g/mol. The summed E-state index contributed by atoms with van der Waals surface area (Å²) in [6, 6.07) is -4.53. The van der Waals surface area contributed by atoms with Gasteiger partial charge in [0.2, 0.25) is 17.7 Å². The van der Waals surface area contributed by atoms with Crippen LogP contribution >= 0.6 is 0 Å². The van der Waals surface area contributed by atoms with Crippen molar-refractivity contribution in [1.29, 1.82) is 0 Å². The topological polar surface area (TPSA) is 234 Å². The number of likely N-dealkylation sites (tertiary alicyclic amines) is 1. The minimum atomic E-state index is -1.68. The van der Waals surface area contributed by atoms with Crippen LogP contribution in [0.1, 0.15) is 44.2 Å². The Morgan fingerprint density at radius 1 is 1.17 bits per heavy atom. The zero-order valence-electron chi connectivity index (χ0n) is 19.3. The van der Waals surface area contributed by atoms with Gasteiger partial charge in [-0.15, -0.1) is 0 Å². The maximum atomic E-state index is 13.1. The highest BCUT2D eigenvalue weighted by atomic mass is 16.4. The third-order valence-corrected chi connectivity index (χ3v) is 5.73. The zero-order valence-corrected chi connectivity index (χ0v) is 19.3. The number of nitrogens with two attached hydrogens (primary N) is 2. The Morgan fingerprint density at radius 2 is 1.91 bits per heavy atom. The van der Waals surface area contributed by atoms with Crippen LogP contribution in [0.4, 0.5) is 0 Å². The summed E-state index contributed by atoms with van der Waals surface area (Å²) in [6.07, 6.45) is 4.72. The van der Waals surface area contributed by atoms with Crippen LogP contribution in [0.25, 0.3) is 0 Å². The van der Waals surface area contributed by atoms with E-state index in [0.717, 1.165) is 6.42 Å². The Kier molecular flexibility index (Phi) is 10.6. The maximum Gasteiger partial charge on any atom is 0.326 e. The van der Waals surface area contributed by atoms with E-state index >= 15 is 0 Å². The van der Waals surface area contributed by atoms with Gasteiger partial charge in [0.25, 0.3) is 0 Å². The fourth-order valence-corrected chi connectivity index (χ4v) is 3.89. The number of aromatic nitrogens is 2. The number of nitrogens with one attached hydrogen (secondary N) is 3. The van der Waals surface area contributed by atoms with Gasteiger partial charge in [-0.25, -0.2) is 9.78 Å². The van der Waals surface area contributed by atoms with Gasteiger partial charge >= 0.3 is 11.9 Å². The number of H-pyrrole nitrogens is 1. The molecule has 1 fully saturated rings. The average Bonchev–Trinajstić information content (AvgIpc) is 3.49. The second kappa shape index (κ2) is 13.4. The van der Waals surface area contributed by atoms with E-state index in [9.17, 15) is 29.1 Å². The zero-order chi connectivity index (χ0) is 26.0. The number of imidazole rings is 1. The Hall–Kier alpha value is -3.52. The smallest absolute Gasteiger partial charge is 0.326 e. The Morgan fingerprint density at radius 3 is 2.51 bits per heavy atom. The molecule has 1 aliphatic rings. The number of carbonyl (C=O) groups excluding carboxylic acids is 3. The predicted octanol–water partition coefficient (Wildman–Crippen LogP) is -2.07. The lowest BCUT2D eigenvalue weighted by Gasteiger charge is -2.28. The van der Waals surface area contributed by atoms with Crippen molar-refractivity contribution in [3.8, 4) is 0 Å². The first kappa shape index (κ1) is 27.7. The van der Waals surface area contributed by atoms with Gasteiger partial charge in [-0.05, 0) is 32.2 Å². The van der Waals surface area contributed by atoms with Crippen molar-refractivity contribution in [2.75, 3.05) is 13.1 Å². The molecule has 1 saturated heterocycles. The van der Waals surface area contributed by atoms with Crippen LogP contribution in [-0.2, 0) is 30.4 Å². The van der Waals surface area contributed by atoms with Crippen LogP contribution in [0.15, 0.2) is 12.5 Å². The fourth-order valence-electron chi connectivity index (χ4n) is 3.89. The van der Waals surface area contributed by atoms with Crippen LogP contribution in [0.3, 0.4) is 0 Å². The molecule has 14 heteroatoms. The third-order valence-electron chi connectivity index (χ3n) is 5.73. The van der Waals surface area contributed by atoms with E-state index < -0.39 is 54.3 Å². The van der Waals surface area contributed by atoms with E-state index in [1.54, 1.807) is 0 Å². The van der Waals surface area contributed by atoms with E-state index in [1.165, 1.54) is 17.4 Å². The molecule has 0 bridgehead atoms. The summed E-state index contributed by atoms with van der Waals surface area (Å²) in [5, 5.41) is 22.9. The first-order chi connectivity index (χ1) is 16.6. The second-order valence-corrected chi connectivity index (χ2v) is 8.42. The molecule has 4 unspecified atom stereocenters. The summed E-state index contributed by atoms with van der Waals surface area (Å²) in [5.41, 5.74) is 12.0. The summed E-state index contributed by atoms with van der Waals surface area (Å²) in [6.45, 7) is 0.837. The van der Waals surface area contributed by atoms with E-state index in [-0.39, 0.29) is 12.3 Å². The molecule has 0 aliphatic carbocycles. The molecule has 1 aliphatic heterocycles. The van der Waals surface area contributed by atoms with Gasteiger partial charge in [0.1, 0.15) is 18.1 Å². The van der Waals surface area contributed by atoms with Crippen LogP contribution in [0.5, 0.6) is 0 Å². The summed E-state index contributed by atoms with van der Waals surface area (Å²) in [4.78, 5) is 69.2. The monoisotopic (exact) mass is 495 g/mol. The minimum Gasteiger partial charge on any atom is -0.481 e. The number of carboxylic acid groups (broad SMARTS) is 2. The number of hydrogen-bond donors (Lipinski definition) is 7. The normalized spacial score (nSPS) is 17.9. The van der Waals surface area contributed by atoms with Gasteiger partial charge in [-0.1, -0.05) is 6.42 Å². The quantitative estimate of drug-likeness (QED) is 0.139. The molecule has 35 heavy (non-hydrogen) atoms. The molecule has 0 radical (unpaired) electrons. The van der Waals surface area contributed by atoms with Crippen molar-refractivity contribution in [1.82, 2.24) is 25.5 Å². The molecule has 0 saturated carbocycles. The Bertz CT molecular complexity index is 893. The minimum absolute atomic E-state index is 0.0593. The highest BCUT2D eigenvalue weighted by molar-refractivity contribution is 5.95. The molecular formula is C21H33N7O7. The fraction of sp³-hybridized carbons (Fsp3) is 0.619. The lowest BCUT2D eigenvalue weighted by Crippen LogP contribution is -2.57. The van der Waals surface area contributed by atoms with E-state index in [4.69, 9.17) is 16.6 Å². The van der Waals surface area contributed by atoms with Gasteiger partial charge < -0.3 is 42.2 Å². The maximum absolute atomic E-state index is 13.1. The molecule has 1 aromatic rings. The number of nitrogens with zero attached hydrogens (tertiary/aromatic N) is 2. The molecule has 3 amide bonds. The summed E-state index contributed by atoms with van der Waals surface area (Å²) in [7, 11) is 0. The Labute approximate surface area is 201 Å². The predicted molar refractivity (Wildman–Crippen MR) is 122 cm³/mol. The summed E-state index contributed by atoms with van der Waals surface area (Å²) in [5.74, 6) is -4.76. The molecule has 2 heterocycles. The molecule has 9 N–H and O–H groups in total. The van der Waals surface area contributed by atoms with Crippen molar-refractivity contribution in [2.24, 2.45) is 11.5 Å². The highest BCUT2D eigenvalue weighted by Gasteiger charge is 2.38. The molecule has 0 aromatic carbocycles. The van der Waals surface area contributed by atoms with Crippen LogP contribution in [0.2, 0.25) is 0 Å². The first-order valence-corrected chi connectivity index (χ1v) is 11.4. The van der Waals surface area contributed by atoms with Gasteiger partial charge in [-0.2, -0.15) is 0 Å². The first-order valence-electron chi connectivity index (χ1n) is 11.4. The third kappa shape index (κ3) is 8.33. The summed E-state index contributed by atoms with van der Waals surface area (Å²) < 4.78 is 0. The standard InChI is InChI=1S/C21H33N7O7/c22-6-2-1-4-13(23)20(33)28-7-3-5-16(28)19(32)26-14(8-12-10-24-11-25-12)18(31)27-15(21(34)35)9-17(29)30/h10-11,13-16H,1-9,22-23H2,(H,24,25)(H,26,32)(H,27,31)(H,29,30)(H,34,35). The van der Waals surface area contributed by atoms with Crippen molar-refractivity contribution in [2.45, 2.75) is 69.1 Å². The van der Waals surface area contributed by atoms with Crippen molar-refractivity contribution in [3.05, 3.63) is 18.2 Å². The van der Waals surface area contributed by atoms with Crippen LogP contribution in [0, 0.1) is 0 Å². The number of aromatic amines is 1. The lowest BCUT2D eigenvalue weighted by atomic mass is 10.1. The number of amides is 3. The lowest BCUT2D eigenvalue weighted by molar-refractivity contribution is -0.147. The highest BCUT2D eigenvalue weighted by Crippen LogP contribution is 2.20. The van der Waals surface area contributed by atoms with Crippen molar-refractivity contribution in [3.63, 3.8) is 0 Å². The molecule has 194 valence electrons. The van der Waals surface area contributed by atoms with Crippen LogP contribution < -0.4 is 22.1 Å². The van der Waals surface area contributed by atoms with Gasteiger partial charge in [0, 0.05) is 24.9 Å². The molecule has 4 atom stereocenters. The number of unbranched alkanes of at least 4 members (excludes halogenated alkanes) is 1. The van der Waals surface area contributed by atoms with E-state index in [1.807, 2.05) is 0 Å². The summed E-state index contributed by atoms with van der Waals surface area (Å²) >= 11 is 0. The van der Waals surface area contributed by atoms with Crippen LogP contribution in [-0.4, -0.2) is 92.0 Å². The molecule has 2 rings (SSSR count). The molecule has 14 nitrogen and oxygen atoms in total. The number of rotatable bonds is 14. The van der Waals surface area contributed by atoms with Gasteiger partial charge in [0.15, 0.2) is 0 Å². The van der Waals surface area contributed by atoms with E-state index in [0.29, 0.717) is 44.5 Å². The number of carbonyl (C=O) groups is 5. The number of carboxylic acids is 2. The SMILES string of the molecule is NCCCCC(N)C(=O)N1CCCC1C(=O)NC(Cc1cnc[nH]1)C(=O)NC(CC(=O)O)C(=O)O. The number of aliphatic carboxylic acids is 2. The van der Waals surface area contributed by atoms with Crippen molar-refractivity contribution < 1.29 is 34.2 Å². The second-order valence-electron chi connectivity index (χ2n) is 8.42. The molecule has 1 aromatic heterocycles. The molecular weight excluding hydrogens is 462 g/mol. The van der Waals surface area contributed by atoms with Crippen molar-refractivity contribution >= 4 is 29.7 Å². The van der Waals surface area contributed by atoms with Gasteiger partial charge in [0.05, 0.1) is 18.8 Å². The van der Waals surface area contributed by atoms with E-state index in [2.05, 4.69) is 20.6 Å². The Balaban J connectivity index is 2.12.